The van der Waals surface area contributed by atoms with Crippen molar-refractivity contribution in [2.45, 2.75) is 13.1 Å². The third-order valence-corrected chi connectivity index (χ3v) is 2.68. The van der Waals surface area contributed by atoms with Gasteiger partial charge < -0.3 is 14.9 Å². The molecule has 0 spiro atoms. The van der Waals surface area contributed by atoms with Crippen molar-refractivity contribution in [2.75, 3.05) is 0 Å². The zero-order chi connectivity index (χ0) is 13.8. The van der Waals surface area contributed by atoms with Crippen LogP contribution < -0.4 is 5.32 Å². The summed E-state index contributed by atoms with van der Waals surface area (Å²) in [5.74, 6) is -1.20. The molecule has 5 nitrogen and oxygen atoms in total. The lowest BCUT2D eigenvalue weighted by Gasteiger charge is -2.03. The highest BCUT2D eigenvalue weighted by Crippen LogP contribution is 2.15. The normalized spacial score (nSPS) is 10.6. The minimum absolute atomic E-state index is 0.0622. The van der Waals surface area contributed by atoms with Gasteiger partial charge in [-0.2, -0.15) is 0 Å². The van der Waals surface area contributed by atoms with E-state index in [1.54, 1.807) is 6.07 Å². The monoisotopic (exact) mass is 284 g/mol. The molecule has 19 heavy (non-hydrogen) atoms. The third kappa shape index (κ3) is 3.52. The van der Waals surface area contributed by atoms with Gasteiger partial charge in [0, 0.05) is 12.6 Å². The Labute approximate surface area is 113 Å². The number of aromatic carboxylic acids is 1. The van der Waals surface area contributed by atoms with Crippen LogP contribution in [0.4, 0.5) is 4.39 Å². The van der Waals surface area contributed by atoms with Gasteiger partial charge in [-0.25, -0.2) is 9.18 Å². The molecule has 0 unspecified atom stereocenters. The second-order valence-corrected chi connectivity index (χ2v) is 4.24. The van der Waals surface area contributed by atoms with Crippen LogP contribution in [-0.4, -0.2) is 16.2 Å². The maximum atomic E-state index is 12.9. The van der Waals surface area contributed by atoms with Crippen LogP contribution in [0.3, 0.4) is 0 Å². The Bertz CT molecular complexity index is 600. The van der Waals surface area contributed by atoms with Gasteiger partial charge in [0.2, 0.25) is 0 Å². The molecule has 1 heterocycles. The van der Waals surface area contributed by atoms with Crippen LogP contribution in [0.1, 0.15) is 21.8 Å². The molecule has 0 amide bonds. The molecule has 0 saturated carbocycles. The molecule has 7 heteroatoms. The minimum atomic E-state index is -1.14. The molecule has 1 aromatic heterocycles. The maximum absolute atomic E-state index is 12.9. The van der Waals surface area contributed by atoms with Crippen molar-refractivity contribution in [3.05, 3.63) is 52.1 Å². The lowest BCUT2D eigenvalue weighted by atomic mass is 10.2. The molecule has 0 aliphatic heterocycles. The topological polar surface area (TPSA) is 75.4 Å². The minimum Gasteiger partial charge on any atom is -0.476 e. The molecule has 0 saturated heterocycles. The smallest absolute Gasteiger partial charge is 0.358 e. The predicted octanol–water partition coefficient (Wildman–Crippen LogP) is 2.46. The summed E-state index contributed by atoms with van der Waals surface area (Å²) >= 11 is 5.65. The van der Waals surface area contributed by atoms with Crippen LogP contribution in [0, 0.1) is 5.82 Å². The number of carboxylic acid groups (broad SMARTS) is 1. The highest BCUT2D eigenvalue weighted by molar-refractivity contribution is 6.30. The van der Waals surface area contributed by atoms with Crippen LogP contribution in [-0.2, 0) is 13.1 Å². The summed E-state index contributed by atoms with van der Waals surface area (Å²) in [6.07, 6.45) is 0. The molecule has 0 aliphatic rings. The molecule has 0 radical (unpaired) electrons. The molecule has 0 atom stereocenters. The van der Waals surface area contributed by atoms with Gasteiger partial charge in [-0.05, 0) is 17.7 Å². The highest BCUT2D eigenvalue weighted by atomic mass is 35.5. The van der Waals surface area contributed by atoms with Gasteiger partial charge in [0.25, 0.3) is 0 Å². The van der Waals surface area contributed by atoms with Gasteiger partial charge >= 0.3 is 5.97 Å². The SMILES string of the molecule is O=C(O)c1cc(CNCc2ccc(F)c(Cl)c2)on1. The van der Waals surface area contributed by atoms with Crippen molar-refractivity contribution in [3.63, 3.8) is 0 Å². The van der Waals surface area contributed by atoms with Gasteiger partial charge in [0.05, 0.1) is 11.6 Å². The third-order valence-electron chi connectivity index (χ3n) is 2.39. The second kappa shape index (κ2) is 5.81. The fraction of sp³-hybridized carbons (Fsp3) is 0.167. The number of halogens is 2. The fourth-order valence-electron chi connectivity index (χ4n) is 1.48. The van der Waals surface area contributed by atoms with Gasteiger partial charge in [-0.3, -0.25) is 0 Å². The van der Waals surface area contributed by atoms with E-state index < -0.39 is 11.8 Å². The molecular formula is C12H10ClFN2O3. The van der Waals surface area contributed by atoms with Crippen LogP contribution in [0.25, 0.3) is 0 Å². The zero-order valence-corrected chi connectivity index (χ0v) is 10.4. The number of nitrogens with zero attached hydrogens (tertiary/aromatic N) is 1. The predicted molar refractivity (Wildman–Crippen MR) is 65.4 cm³/mol. The first-order chi connectivity index (χ1) is 9.06. The number of hydrogen-bond donors (Lipinski definition) is 2. The number of nitrogens with one attached hydrogen (secondary N) is 1. The average molecular weight is 285 g/mol. The molecule has 2 rings (SSSR count). The summed E-state index contributed by atoms with van der Waals surface area (Å²) in [5, 5.41) is 15.1. The van der Waals surface area contributed by atoms with Crippen molar-refractivity contribution in [3.8, 4) is 0 Å². The Morgan fingerprint density at radius 2 is 2.21 bits per heavy atom. The first kappa shape index (κ1) is 13.5. The lowest BCUT2D eigenvalue weighted by molar-refractivity contribution is 0.0685. The first-order valence-electron chi connectivity index (χ1n) is 5.40. The van der Waals surface area contributed by atoms with Crippen LogP contribution >= 0.6 is 11.6 Å². The largest absolute Gasteiger partial charge is 0.476 e. The molecular weight excluding hydrogens is 275 g/mol. The van der Waals surface area contributed by atoms with E-state index in [2.05, 4.69) is 10.5 Å². The van der Waals surface area contributed by atoms with Gasteiger partial charge in [0.1, 0.15) is 5.82 Å². The number of hydrogen-bond acceptors (Lipinski definition) is 4. The number of rotatable bonds is 5. The van der Waals surface area contributed by atoms with E-state index in [1.807, 2.05) is 0 Å². The molecule has 100 valence electrons. The lowest BCUT2D eigenvalue weighted by Crippen LogP contribution is -2.12. The Hall–Kier alpha value is -1.92. The Kier molecular flexibility index (Phi) is 4.13. The highest BCUT2D eigenvalue weighted by Gasteiger charge is 2.10. The molecule has 0 aliphatic carbocycles. The van der Waals surface area contributed by atoms with Crippen LogP contribution in [0.5, 0.6) is 0 Å². The van der Waals surface area contributed by atoms with Crippen LogP contribution in [0.15, 0.2) is 28.8 Å². The Balaban J connectivity index is 1.88. The maximum Gasteiger partial charge on any atom is 0.358 e. The number of aromatic nitrogens is 1. The fourth-order valence-corrected chi connectivity index (χ4v) is 1.68. The van der Waals surface area contributed by atoms with E-state index in [-0.39, 0.29) is 10.7 Å². The molecule has 2 N–H and O–H groups in total. The number of carboxylic acids is 1. The van der Waals surface area contributed by atoms with E-state index in [4.69, 9.17) is 21.2 Å². The summed E-state index contributed by atoms with van der Waals surface area (Å²) in [6.45, 7) is 0.762. The number of carbonyl (C=O) groups is 1. The summed E-state index contributed by atoms with van der Waals surface area (Å²) < 4.78 is 17.8. The van der Waals surface area contributed by atoms with Crippen molar-refractivity contribution < 1.29 is 18.8 Å². The van der Waals surface area contributed by atoms with Gasteiger partial charge in [0.15, 0.2) is 11.5 Å². The zero-order valence-electron chi connectivity index (χ0n) is 9.69. The van der Waals surface area contributed by atoms with Gasteiger partial charge in [-0.1, -0.05) is 22.8 Å². The molecule has 2 aromatic rings. The van der Waals surface area contributed by atoms with E-state index >= 15 is 0 Å². The van der Waals surface area contributed by atoms with Gasteiger partial charge in [-0.15, -0.1) is 0 Å². The summed E-state index contributed by atoms with van der Waals surface area (Å²) in [5.41, 5.74) is 0.672. The molecule has 0 bridgehead atoms. The van der Waals surface area contributed by atoms with E-state index in [9.17, 15) is 9.18 Å². The van der Waals surface area contributed by atoms with Crippen molar-refractivity contribution in [1.29, 1.82) is 0 Å². The summed E-state index contributed by atoms with van der Waals surface area (Å²) in [6, 6.07) is 5.76. The Morgan fingerprint density at radius 1 is 1.42 bits per heavy atom. The quantitative estimate of drug-likeness (QED) is 0.882. The second-order valence-electron chi connectivity index (χ2n) is 3.84. The van der Waals surface area contributed by atoms with Crippen LogP contribution in [0.2, 0.25) is 5.02 Å². The Morgan fingerprint density at radius 3 is 2.84 bits per heavy atom. The standard InChI is InChI=1S/C12H10ClFN2O3/c13-9-3-7(1-2-10(9)14)5-15-6-8-4-11(12(17)18)16-19-8/h1-4,15H,5-6H2,(H,17,18). The van der Waals surface area contributed by atoms with E-state index in [1.165, 1.54) is 18.2 Å². The molecule has 1 aromatic carbocycles. The van der Waals surface area contributed by atoms with E-state index in [0.29, 0.717) is 18.8 Å². The summed E-state index contributed by atoms with van der Waals surface area (Å²) in [7, 11) is 0. The number of benzene rings is 1. The first-order valence-corrected chi connectivity index (χ1v) is 5.77. The molecule has 0 fully saturated rings. The van der Waals surface area contributed by atoms with Crippen molar-refractivity contribution in [2.24, 2.45) is 0 Å². The average Bonchev–Trinajstić information content (AvgIpc) is 2.83. The summed E-state index contributed by atoms with van der Waals surface area (Å²) in [4.78, 5) is 10.6. The van der Waals surface area contributed by atoms with E-state index in [0.717, 1.165) is 5.56 Å². The van der Waals surface area contributed by atoms with Crippen molar-refractivity contribution in [1.82, 2.24) is 10.5 Å². The van der Waals surface area contributed by atoms with Crippen molar-refractivity contribution >= 4 is 17.6 Å².